The molecule has 4 aliphatic carbocycles. The van der Waals surface area contributed by atoms with Gasteiger partial charge in [0.15, 0.2) is 0 Å². The first-order valence-corrected chi connectivity index (χ1v) is 27.8. The van der Waals surface area contributed by atoms with Crippen molar-refractivity contribution in [2.45, 2.75) is 227 Å². The standard InChI is InChI=1S/C58H103NO4/c1-7-8-9-10-11-12-13-14-15-16-17-18-19-20-23-26-40-61-47-52(46-59-38-24-21-22-25-39-59)63-44-42-60-41-43-62-51-34-36-57(5)50(45-51)30-31-53-55-33-32-54(49(4)29-27-28-48(2)3)58(55,6)37-35-56(53)57/h11-12,14-15,30,48-49,51-56H,7-10,13,16-29,31-47H2,1-6H3/b12-11-,15-14-/t49-,51+,52?,53+,54-,55+,56+,57+,58-/m1/s1. The van der Waals surface area contributed by atoms with Gasteiger partial charge in [0.2, 0.25) is 0 Å². The van der Waals surface area contributed by atoms with Gasteiger partial charge in [0.1, 0.15) is 0 Å². The van der Waals surface area contributed by atoms with Crippen molar-refractivity contribution in [3.05, 3.63) is 36.0 Å². The van der Waals surface area contributed by atoms with Crippen LogP contribution < -0.4 is 0 Å². The molecule has 0 bridgehead atoms. The molecule has 63 heavy (non-hydrogen) atoms. The van der Waals surface area contributed by atoms with Gasteiger partial charge in [-0.05, 0) is 162 Å². The highest BCUT2D eigenvalue weighted by Gasteiger charge is 2.59. The normalized spacial score (nSPS) is 30.1. The first-order valence-electron chi connectivity index (χ1n) is 27.8. The summed E-state index contributed by atoms with van der Waals surface area (Å²) in [6.07, 6.45) is 48.3. The number of fused-ring (bicyclic) bond motifs is 5. The van der Waals surface area contributed by atoms with Crippen molar-refractivity contribution in [1.29, 1.82) is 0 Å². The lowest BCUT2D eigenvalue weighted by Crippen LogP contribution is -2.51. The van der Waals surface area contributed by atoms with Crippen LogP contribution in [0.4, 0.5) is 0 Å². The van der Waals surface area contributed by atoms with Crippen molar-refractivity contribution in [2.75, 3.05) is 59.3 Å². The molecule has 0 aromatic rings. The molecule has 364 valence electrons. The second-order valence-corrected chi connectivity index (χ2v) is 22.5. The maximum atomic E-state index is 6.53. The third-order valence-corrected chi connectivity index (χ3v) is 17.4. The van der Waals surface area contributed by atoms with Crippen LogP contribution in [0.2, 0.25) is 0 Å². The van der Waals surface area contributed by atoms with E-state index in [0.29, 0.717) is 50.0 Å². The fraction of sp³-hybridized carbons (Fsp3) is 0.897. The molecule has 1 heterocycles. The minimum absolute atomic E-state index is 0.114. The van der Waals surface area contributed by atoms with Gasteiger partial charge < -0.3 is 23.8 Å². The van der Waals surface area contributed by atoms with Gasteiger partial charge >= 0.3 is 0 Å². The minimum atomic E-state index is 0.114. The number of ether oxygens (including phenoxy) is 4. The summed E-state index contributed by atoms with van der Waals surface area (Å²) < 4.78 is 25.3. The van der Waals surface area contributed by atoms with Crippen LogP contribution in [0.25, 0.3) is 0 Å². The monoisotopic (exact) mass is 878 g/mol. The number of hydrogen-bond acceptors (Lipinski definition) is 5. The second-order valence-electron chi connectivity index (χ2n) is 22.5. The van der Waals surface area contributed by atoms with Gasteiger partial charge in [-0.25, -0.2) is 0 Å². The quantitative estimate of drug-likeness (QED) is 0.0497. The first kappa shape index (κ1) is 53.0. The lowest BCUT2D eigenvalue weighted by atomic mass is 9.47. The molecule has 1 saturated heterocycles. The number of likely N-dealkylation sites (tertiary alicyclic amines) is 1. The lowest BCUT2D eigenvalue weighted by Gasteiger charge is -2.58. The van der Waals surface area contributed by atoms with Crippen molar-refractivity contribution in [3.63, 3.8) is 0 Å². The van der Waals surface area contributed by atoms with Gasteiger partial charge in [-0.15, -0.1) is 0 Å². The van der Waals surface area contributed by atoms with Gasteiger partial charge in [0, 0.05) is 13.2 Å². The van der Waals surface area contributed by atoms with E-state index in [1.165, 1.54) is 167 Å². The molecule has 5 aliphatic rings. The summed E-state index contributed by atoms with van der Waals surface area (Å²) >= 11 is 0. The zero-order valence-corrected chi connectivity index (χ0v) is 42.5. The summed E-state index contributed by atoms with van der Waals surface area (Å²) in [6, 6.07) is 0. The molecule has 0 N–H and O–H groups in total. The third-order valence-electron chi connectivity index (χ3n) is 17.4. The fourth-order valence-electron chi connectivity index (χ4n) is 13.6. The smallest absolute Gasteiger partial charge is 0.0936 e. The fourth-order valence-corrected chi connectivity index (χ4v) is 13.6. The molecule has 1 aliphatic heterocycles. The van der Waals surface area contributed by atoms with Crippen molar-refractivity contribution in [3.8, 4) is 0 Å². The van der Waals surface area contributed by atoms with E-state index in [1.54, 1.807) is 5.57 Å². The highest BCUT2D eigenvalue weighted by atomic mass is 16.6. The van der Waals surface area contributed by atoms with E-state index in [1.807, 2.05) is 0 Å². The van der Waals surface area contributed by atoms with Crippen molar-refractivity contribution in [2.24, 2.45) is 46.3 Å². The Hall–Kier alpha value is -0.980. The molecule has 9 atom stereocenters. The van der Waals surface area contributed by atoms with E-state index >= 15 is 0 Å². The number of rotatable bonds is 32. The maximum absolute atomic E-state index is 6.53. The maximum Gasteiger partial charge on any atom is 0.0936 e. The van der Waals surface area contributed by atoms with Gasteiger partial charge in [-0.3, -0.25) is 0 Å². The third kappa shape index (κ3) is 17.6. The van der Waals surface area contributed by atoms with E-state index in [4.69, 9.17) is 18.9 Å². The van der Waals surface area contributed by atoms with Crippen LogP contribution >= 0.6 is 0 Å². The van der Waals surface area contributed by atoms with Gasteiger partial charge in [0.05, 0.1) is 45.2 Å². The molecule has 0 radical (unpaired) electrons. The van der Waals surface area contributed by atoms with Crippen LogP contribution in [-0.2, 0) is 18.9 Å². The minimum Gasteiger partial charge on any atom is -0.379 e. The molecule has 0 aromatic carbocycles. The van der Waals surface area contributed by atoms with E-state index < -0.39 is 0 Å². The SMILES string of the molecule is CCCCC/C=C\C/C=C\CCCCCCCCOCC(CN1CCCCCC1)OCCOCCO[C@H]1CC[C@@]2(C)C(=CC[C@H]3[C@@H]4CC[C@H]([C@H](C)CCCC(C)C)[C@@]4(C)CC[C@@H]32)C1. The largest absolute Gasteiger partial charge is 0.379 e. The predicted octanol–water partition coefficient (Wildman–Crippen LogP) is 15.5. The summed E-state index contributed by atoms with van der Waals surface area (Å²) in [5.74, 6) is 5.37. The number of allylic oxidation sites excluding steroid dienone is 5. The van der Waals surface area contributed by atoms with E-state index in [0.717, 1.165) is 67.9 Å². The van der Waals surface area contributed by atoms with E-state index in [9.17, 15) is 0 Å². The summed E-state index contributed by atoms with van der Waals surface area (Å²) in [7, 11) is 0. The Morgan fingerprint density at radius 2 is 1.43 bits per heavy atom. The Morgan fingerprint density at radius 3 is 2.19 bits per heavy atom. The Balaban J connectivity index is 0.922. The highest BCUT2D eigenvalue weighted by Crippen LogP contribution is 2.67. The van der Waals surface area contributed by atoms with E-state index in [2.05, 4.69) is 76.8 Å². The molecule has 5 rings (SSSR count). The summed E-state index contributed by atoms with van der Waals surface area (Å²) in [5.41, 5.74) is 2.68. The van der Waals surface area contributed by atoms with Crippen LogP contribution in [-0.4, -0.2) is 76.4 Å². The molecule has 0 aromatic heterocycles. The zero-order chi connectivity index (χ0) is 44.6. The molecule has 3 saturated carbocycles. The summed E-state index contributed by atoms with van der Waals surface area (Å²) in [5, 5.41) is 0. The van der Waals surface area contributed by atoms with Gasteiger partial charge in [0.25, 0.3) is 0 Å². The number of nitrogens with zero attached hydrogens (tertiary/aromatic N) is 1. The average Bonchev–Trinajstić information content (AvgIpc) is 3.42. The van der Waals surface area contributed by atoms with Crippen LogP contribution in [0, 0.1) is 46.3 Å². The van der Waals surface area contributed by atoms with Crippen LogP contribution in [0.1, 0.15) is 215 Å². The van der Waals surface area contributed by atoms with E-state index in [-0.39, 0.29) is 6.10 Å². The average molecular weight is 878 g/mol. The van der Waals surface area contributed by atoms with Gasteiger partial charge in [-0.2, -0.15) is 0 Å². The predicted molar refractivity (Wildman–Crippen MR) is 268 cm³/mol. The van der Waals surface area contributed by atoms with Crippen molar-refractivity contribution >= 4 is 0 Å². The Kier molecular flexibility index (Phi) is 25.0. The molecular formula is C58H103NO4. The summed E-state index contributed by atoms with van der Waals surface area (Å²) in [4.78, 5) is 2.61. The zero-order valence-electron chi connectivity index (χ0n) is 42.5. The highest BCUT2D eigenvalue weighted by molar-refractivity contribution is 5.25. The molecule has 0 spiro atoms. The Labute approximate surface area is 391 Å². The van der Waals surface area contributed by atoms with Crippen LogP contribution in [0.3, 0.4) is 0 Å². The molecule has 4 fully saturated rings. The summed E-state index contributed by atoms with van der Waals surface area (Å²) in [6.45, 7) is 22.5. The van der Waals surface area contributed by atoms with Gasteiger partial charge in [-0.1, -0.05) is 148 Å². The Bertz CT molecular complexity index is 1290. The molecule has 5 nitrogen and oxygen atoms in total. The second kappa shape index (κ2) is 29.7. The molecule has 0 amide bonds. The molecular weight excluding hydrogens is 775 g/mol. The lowest BCUT2D eigenvalue weighted by molar-refractivity contribution is -0.0734. The van der Waals surface area contributed by atoms with Crippen LogP contribution in [0.15, 0.2) is 36.0 Å². The molecule has 5 heteroatoms. The first-order chi connectivity index (χ1) is 30.7. The molecule has 1 unspecified atom stereocenters. The van der Waals surface area contributed by atoms with Crippen LogP contribution in [0.5, 0.6) is 0 Å². The number of hydrogen-bond donors (Lipinski definition) is 0. The number of unbranched alkanes of at least 4 members (excludes halogenated alkanes) is 9. The van der Waals surface area contributed by atoms with Crippen molar-refractivity contribution < 1.29 is 18.9 Å². The topological polar surface area (TPSA) is 40.2 Å². The van der Waals surface area contributed by atoms with Crippen molar-refractivity contribution in [1.82, 2.24) is 4.90 Å². The Morgan fingerprint density at radius 1 is 0.698 bits per heavy atom.